The Morgan fingerprint density at radius 2 is 2.47 bits per heavy atom. The SMILES string of the molecule is O=C(C1COCCN1)N1CCCC(c2ccn[nH]2)C1. The van der Waals surface area contributed by atoms with Crippen molar-refractivity contribution in [2.75, 3.05) is 32.8 Å². The summed E-state index contributed by atoms with van der Waals surface area (Å²) in [6, 6.07) is 1.83. The summed E-state index contributed by atoms with van der Waals surface area (Å²) in [4.78, 5) is 14.4. The van der Waals surface area contributed by atoms with Crippen molar-refractivity contribution < 1.29 is 9.53 Å². The summed E-state index contributed by atoms with van der Waals surface area (Å²) >= 11 is 0. The molecule has 1 aromatic heterocycles. The third kappa shape index (κ3) is 2.79. The Balaban J connectivity index is 1.62. The highest BCUT2D eigenvalue weighted by Gasteiger charge is 2.30. The third-order valence-corrected chi connectivity index (χ3v) is 3.91. The molecule has 2 fully saturated rings. The Bertz CT molecular complexity index is 414. The van der Waals surface area contributed by atoms with Gasteiger partial charge in [-0.2, -0.15) is 5.10 Å². The molecule has 2 atom stereocenters. The molecular weight excluding hydrogens is 244 g/mol. The van der Waals surface area contributed by atoms with E-state index >= 15 is 0 Å². The Morgan fingerprint density at radius 3 is 3.21 bits per heavy atom. The van der Waals surface area contributed by atoms with Crippen LogP contribution in [0.2, 0.25) is 0 Å². The molecule has 2 unspecified atom stereocenters. The zero-order valence-corrected chi connectivity index (χ0v) is 11.0. The third-order valence-electron chi connectivity index (χ3n) is 3.91. The van der Waals surface area contributed by atoms with Gasteiger partial charge in [0.1, 0.15) is 6.04 Å². The van der Waals surface area contributed by atoms with E-state index < -0.39 is 0 Å². The lowest BCUT2D eigenvalue weighted by Crippen LogP contribution is -2.54. The number of amides is 1. The number of hydrogen-bond donors (Lipinski definition) is 2. The summed E-state index contributed by atoms with van der Waals surface area (Å²) in [5.74, 6) is 0.550. The van der Waals surface area contributed by atoms with Gasteiger partial charge < -0.3 is 15.0 Å². The lowest BCUT2D eigenvalue weighted by Gasteiger charge is -2.35. The normalized spacial score (nSPS) is 28.3. The number of nitrogens with one attached hydrogen (secondary N) is 2. The molecule has 2 aliphatic rings. The number of piperidine rings is 1. The number of aromatic amines is 1. The van der Waals surface area contributed by atoms with Crippen molar-refractivity contribution in [1.29, 1.82) is 0 Å². The second-order valence-corrected chi connectivity index (χ2v) is 5.22. The van der Waals surface area contributed by atoms with E-state index in [9.17, 15) is 4.79 Å². The summed E-state index contributed by atoms with van der Waals surface area (Å²) < 4.78 is 5.37. The van der Waals surface area contributed by atoms with Crippen LogP contribution in [0.4, 0.5) is 0 Å². The number of H-pyrrole nitrogens is 1. The fourth-order valence-electron chi connectivity index (χ4n) is 2.87. The Hall–Kier alpha value is -1.40. The second kappa shape index (κ2) is 5.71. The summed E-state index contributed by atoms with van der Waals surface area (Å²) in [7, 11) is 0. The zero-order valence-electron chi connectivity index (χ0n) is 11.0. The van der Waals surface area contributed by atoms with Crippen LogP contribution in [0.5, 0.6) is 0 Å². The van der Waals surface area contributed by atoms with Gasteiger partial charge in [-0.25, -0.2) is 0 Å². The summed E-state index contributed by atoms with van der Waals surface area (Å²) in [5.41, 5.74) is 1.13. The molecule has 1 amide bonds. The van der Waals surface area contributed by atoms with Gasteiger partial charge in [0.2, 0.25) is 5.91 Å². The minimum Gasteiger partial charge on any atom is -0.378 e. The minimum atomic E-state index is -0.172. The smallest absolute Gasteiger partial charge is 0.242 e. The first kappa shape index (κ1) is 12.6. The number of rotatable bonds is 2. The van der Waals surface area contributed by atoms with Gasteiger partial charge in [0.05, 0.1) is 13.2 Å². The highest BCUT2D eigenvalue weighted by molar-refractivity contribution is 5.82. The maximum Gasteiger partial charge on any atom is 0.242 e. The average Bonchev–Trinajstić information content (AvgIpc) is 3.02. The van der Waals surface area contributed by atoms with Crippen molar-refractivity contribution in [2.24, 2.45) is 0 Å². The maximum absolute atomic E-state index is 12.4. The molecule has 2 aliphatic heterocycles. The molecule has 0 aliphatic carbocycles. The number of ether oxygens (including phenoxy) is 1. The Morgan fingerprint density at radius 1 is 1.53 bits per heavy atom. The Kier molecular flexibility index (Phi) is 3.79. The van der Waals surface area contributed by atoms with Gasteiger partial charge in [0.25, 0.3) is 0 Å². The van der Waals surface area contributed by atoms with Gasteiger partial charge in [0.15, 0.2) is 0 Å². The van der Waals surface area contributed by atoms with Crippen molar-refractivity contribution in [3.8, 4) is 0 Å². The monoisotopic (exact) mass is 264 g/mol. The number of hydrogen-bond acceptors (Lipinski definition) is 4. The van der Waals surface area contributed by atoms with E-state index in [4.69, 9.17) is 4.74 Å². The number of aromatic nitrogens is 2. The minimum absolute atomic E-state index is 0.170. The van der Waals surface area contributed by atoms with E-state index in [1.807, 2.05) is 11.0 Å². The van der Waals surface area contributed by atoms with Crippen LogP contribution in [-0.2, 0) is 9.53 Å². The van der Waals surface area contributed by atoms with Crippen LogP contribution in [0.3, 0.4) is 0 Å². The van der Waals surface area contributed by atoms with Crippen molar-refractivity contribution in [2.45, 2.75) is 24.8 Å². The van der Waals surface area contributed by atoms with E-state index in [1.54, 1.807) is 6.20 Å². The largest absolute Gasteiger partial charge is 0.378 e. The molecule has 6 nitrogen and oxygen atoms in total. The number of carbonyl (C=O) groups is 1. The summed E-state index contributed by atoms with van der Waals surface area (Å²) in [6.45, 7) is 3.57. The average molecular weight is 264 g/mol. The molecule has 2 saturated heterocycles. The van der Waals surface area contributed by atoms with Crippen LogP contribution < -0.4 is 5.32 Å². The lowest BCUT2D eigenvalue weighted by atomic mass is 9.94. The van der Waals surface area contributed by atoms with E-state index in [2.05, 4.69) is 15.5 Å². The van der Waals surface area contributed by atoms with Gasteiger partial charge in [0, 0.05) is 37.4 Å². The van der Waals surface area contributed by atoms with Crippen molar-refractivity contribution >= 4 is 5.91 Å². The summed E-state index contributed by atoms with van der Waals surface area (Å²) in [6.07, 6.45) is 3.93. The van der Waals surface area contributed by atoms with Gasteiger partial charge in [-0.15, -0.1) is 0 Å². The number of likely N-dealkylation sites (tertiary alicyclic amines) is 1. The summed E-state index contributed by atoms with van der Waals surface area (Å²) in [5, 5.41) is 10.2. The van der Waals surface area contributed by atoms with Crippen LogP contribution in [0.15, 0.2) is 12.3 Å². The molecule has 1 aromatic rings. The predicted molar refractivity (Wildman–Crippen MR) is 69.8 cm³/mol. The lowest BCUT2D eigenvalue weighted by molar-refractivity contribution is -0.137. The van der Waals surface area contributed by atoms with Crippen LogP contribution in [0.25, 0.3) is 0 Å². The quantitative estimate of drug-likeness (QED) is 0.795. The van der Waals surface area contributed by atoms with E-state index in [0.29, 0.717) is 19.1 Å². The zero-order chi connectivity index (χ0) is 13.1. The van der Waals surface area contributed by atoms with Gasteiger partial charge in [-0.1, -0.05) is 0 Å². The first-order valence-electron chi connectivity index (χ1n) is 6.94. The van der Waals surface area contributed by atoms with Gasteiger partial charge >= 0.3 is 0 Å². The van der Waals surface area contributed by atoms with Crippen molar-refractivity contribution in [3.05, 3.63) is 18.0 Å². The molecule has 0 aromatic carbocycles. The van der Waals surface area contributed by atoms with Gasteiger partial charge in [-0.3, -0.25) is 9.89 Å². The van der Waals surface area contributed by atoms with Gasteiger partial charge in [-0.05, 0) is 18.9 Å². The van der Waals surface area contributed by atoms with E-state index in [1.165, 1.54) is 0 Å². The first-order valence-corrected chi connectivity index (χ1v) is 6.94. The molecule has 104 valence electrons. The predicted octanol–water partition coefficient (Wildman–Crippen LogP) is 0.104. The number of nitrogens with zero attached hydrogens (tertiary/aromatic N) is 2. The van der Waals surface area contributed by atoms with E-state index in [-0.39, 0.29) is 11.9 Å². The number of morpholine rings is 1. The van der Waals surface area contributed by atoms with Crippen molar-refractivity contribution in [1.82, 2.24) is 20.4 Å². The second-order valence-electron chi connectivity index (χ2n) is 5.22. The molecule has 3 heterocycles. The maximum atomic E-state index is 12.4. The number of carbonyl (C=O) groups excluding carboxylic acids is 1. The van der Waals surface area contributed by atoms with Crippen LogP contribution in [0, 0.1) is 0 Å². The highest BCUT2D eigenvalue weighted by Crippen LogP contribution is 2.25. The Labute approximate surface area is 112 Å². The molecular formula is C13H20N4O2. The standard InChI is InChI=1S/C13H20N4O2/c18-13(12-9-19-7-5-14-12)17-6-1-2-10(8-17)11-3-4-15-16-11/h3-4,10,12,14H,1-2,5-9H2,(H,15,16). The van der Waals surface area contributed by atoms with Crippen molar-refractivity contribution in [3.63, 3.8) is 0 Å². The molecule has 0 spiro atoms. The fraction of sp³-hybridized carbons (Fsp3) is 0.692. The molecule has 0 radical (unpaired) electrons. The highest BCUT2D eigenvalue weighted by atomic mass is 16.5. The molecule has 0 saturated carbocycles. The topological polar surface area (TPSA) is 70.2 Å². The molecule has 6 heteroatoms. The van der Waals surface area contributed by atoms with Crippen LogP contribution >= 0.6 is 0 Å². The fourth-order valence-corrected chi connectivity index (χ4v) is 2.87. The van der Waals surface area contributed by atoms with Crippen LogP contribution in [0.1, 0.15) is 24.5 Å². The molecule has 0 bridgehead atoms. The first-order chi connectivity index (χ1) is 9.34. The molecule has 2 N–H and O–H groups in total. The van der Waals surface area contributed by atoms with E-state index in [0.717, 1.165) is 38.2 Å². The molecule has 19 heavy (non-hydrogen) atoms. The van der Waals surface area contributed by atoms with Crippen LogP contribution in [-0.4, -0.2) is 59.9 Å². The molecule has 3 rings (SSSR count).